The fraction of sp³-hybridized carbons (Fsp3) is 0.105. The molecular weight excluding hydrogens is 1140 g/mol. The summed E-state index contributed by atoms with van der Waals surface area (Å²) in [5.74, 6) is 0. The molecule has 12 N–H and O–H groups in total. The number of aromatic amines is 4. The van der Waals surface area contributed by atoms with Crippen molar-refractivity contribution in [3.8, 4) is 0 Å². The lowest BCUT2D eigenvalue weighted by molar-refractivity contribution is 0.261. The first-order valence-corrected chi connectivity index (χ1v) is 30.4. The molecule has 0 unspecified atom stereocenters. The van der Waals surface area contributed by atoms with Gasteiger partial charge >= 0.3 is 24.1 Å². The van der Waals surface area contributed by atoms with E-state index in [1.807, 2.05) is 218 Å². The molecule has 92 heavy (non-hydrogen) atoms. The van der Waals surface area contributed by atoms with E-state index in [1.165, 1.54) is 0 Å². The number of hydrogen-bond donors (Lipinski definition) is 12. The Kier molecular flexibility index (Phi) is 15.7. The minimum Gasteiger partial charge on any atom is -0.360 e. The molecule has 0 radical (unpaired) electrons. The van der Waals surface area contributed by atoms with Crippen LogP contribution in [0.2, 0.25) is 0 Å². The van der Waals surface area contributed by atoms with Crippen molar-refractivity contribution >= 4 is 69.6 Å². The highest BCUT2D eigenvalue weighted by molar-refractivity contribution is 6.02. The number of carbonyl (C=O) groups excluding carboxylic acids is 4. The van der Waals surface area contributed by atoms with E-state index < -0.39 is 21.7 Å². The molecule has 0 saturated heterocycles. The Labute approximate surface area is 532 Å². The topological polar surface area (TPSA) is 228 Å². The fourth-order valence-corrected chi connectivity index (χ4v) is 12.5. The van der Waals surface area contributed by atoms with Crippen LogP contribution in [0, 0.1) is 0 Å². The van der Waals surface area contributed by atoms with Gasteiger partial charge in [-0.1, -0.05) is 121 Å². The second kappa shape index (κ2) is 24.5. The van der Waals surface area contributed by atoms with Crippen LogP contribution >= 0.6 is 0 Å². The molecule has 0 saturated carbocycles. The van der Waals surface area contributed by atoms with Gasteiger partial charge in [-0.25, -0.2) is 19.2 Å². The summed E-state index contributed by atoms with van der Waals surface area (Å²) >= 11 is 0. The molecule has 1 aliphatic rings. The third-order valence-electron chi connectivity index (χ3n) is 18.1. The van der Waals surface area contributed by atoms with Crippen LogP contribution in [0.3, 0.4) is 0 Å². The summed E-state index contributed by atoms with van der Waals surface area (Å²) in [6.07, 6.45) is 0. The van der Waals surface area contributed by atoms with E-state index in [1.54, 1.807) is 0 Å². The zero-order chi connectivity index (χ0) is 63.5. The lowest BCUT2D eigenvalue weighted by atomic mass is 9.76. The highest BCUT2D eigenvalue weighted by Crippen LogP contribution is 2.48. The van der Waals surface area contributed by atoms with Crippen LogP contribution in [0.1, 0.15) is 95.5 Å². The molecule has 0 aliphatic carbocycles. The number of amides is 8. The molecule has 0 atom stereocenters. The van der Waals surface area contributed by atoms with Crippen LogP contribution in [0.25, 0.3) is 0 Å². The van der Waals surface area contributed by atoms with Crippen LogP contribution in [-0.2, 0) is 21.7 Å². The van der Waals surface area contributed by atoms with E-state index >= 15 is 0 Å². The Morgan fingerprint density at radius 3 is 0.500 bits per heavy atom. The van der Waals surface area contributed by atoms with Gasteiger partial charge in [0.25, 0.3) is 0 Å². The molecule has 1 aliphatic heterocycles. The summed E-state index contributed by atoms with van der Waals surface area (Å²) in [5, 5.41) is 23.7. The van der Waals surface area contributed by atoms with E-state index in [2.05, 4.69) is 139 Å². The molecular formula is C76H68N12O4. The van der Waals surface area contributed by atoms with Gasteiger partial charge in [-0.2, -0.15) is 0 Å². The number of H-pyrrole nitrogens is 4. The number of benzene rings is 8. The SMILES string of the molecule is CC1(c2ccc(NC(=O)Nc3ccccc3)cc2)c2ccc([nH]2)C(C)(c2ccc(NC(=O)Nc3ccccc3)cc2)c2ccc([nH]2)C(C)(c2ccc(NC(=O)Nc3ccccc3)cc2)c2ccc([nH]2)C(C)(c2ccc(NC(=O)Nc3ccccc3)cc2)c2ccc1[nH]2. The summed E-state index contributed by atoms with van der Waals surface area (Å²) in [7, 11) is 0. The minimum absolute atomic E-state index is 0.365. The van der Waals surface area contributed by atoms with Gasteiger partial charge in [0.15, 0.2) is 0 Å². The summed E-state index contributed by atoms with van der Waals surface area (Å²) < 4.78 is 0. The number of fused-ring (bicyclic) bond motifs is 8. The lowest BCUT2D eigenvalue weighted by Gasteiger charge is -2.34. The highest BCUT2D eigenvalue weighted by Gasteiger charge is 2.44. The Hall–Kier alpha value is -12.0. The van der Waals surface area contributed by atoms with Crippen molar-refractivity contribution in [1.82, 2.24) is 19.9 Å². The van der Waals surface area contributed by atoms with Gasteiger partial charge < -0.3 is 62.5 Å². The maximum absolute atomic E-state index is 13.3. The summed E-state index contributed by atoms with van der Waals surface area (Å²) in [5.41, 5.74) is 12.4. The molecule has 0 fully saturated rings. The Balaban J connectivity index is 0.946. The first-order chi connectivity index (χ1) is 44.6. The van der Waals surface area contributed by atoms with E-state index in [0.29, 0.717) is 45.5 Å². The van der Waals surface area contributed by atoms with Crippen molar-refractivity contribution in [1.29, 1.82) is 0 Å². The van der Waals surface area contributed by atoms with Gasteiger partial charge in [-0.05, 0) is 196 Å². The van der Waals surface area contributed by atoms with Crippen molar-refractivity contribution in [2.75, 3.05) is 42.5 Å². The fourth-order valence-electron chi connectivity index (χ4n) is 12.5. The number of urea groups is 4. The number of para-hydroxylation sites is 4. The third-order valence-corrected chi connectivity index (χ3v) is 18.1. The summed E-state index contributed by atoms with van der Waals surface area (Å²) in [6, 6.07) is 84.7. The summed E-state index contributed by atoms with van der Waals surface area (Å²) in [6.45, 7) is 8.79. The Morgan fingerprint density at radius 1 is 0.207 bits per heavy atom. The van der Waals surface area contributed by atoms with E-state index in [9.17, 15) is 19.2 Å². The molecule has 8 aromatic carbocycles. The normalized spacial score (nSPS) is 18.1. The van der Waals surface area contributed by atoms with Crippen LogP contribution in [-0.4, -0.2) is 44.1 Å². The van der Waals surface area contributed by atoms with Crippen LogP contribution in [0.5, 0.6) is 0 Å². The van der Waals surface area contributed by atoms with Crippen LogP contribution in [0.4, 0.5) is 64.7 Å². The molecule has 456 valence electrons. The molecule has 16 heteroatoms. The zero-order valence-corrected chi connectivity index (χ0v) is 51.0. The van der Waals surface area contributed by atoms with Crippen LogP contribution in [0.15, 0.2) is 267 Å². The average molecular weight is 1210 g/mol. The van der Waals surface area contributed by atoms with Gasteiger partial charge in [-0.3, -0.25) is 0 Å². The zero-order valence-electron chi connectivity index (χ0n) is 51.0. The maximum atomic E-state index is 13.3. The molecule has 5 heterocycles. The van der Waals surface area contributed by atoms with Crippen molar-refractivity contribution in [3.63, 3.8) is 0 Å². The molecule has 0 spiro atoms. The van der Waals surface area contributed by atoms with E-state index in [0.717, 1.165) is 67.8 Å². The number of anilines is 8. The molecule has 8 bridgehead atoms. The molecule has 4 aromatic heterocycles. The first kappa shape index (κ1) is 59.0. The average Bonchev–Trinajstić information content (AvgIpc) is 1.55. The van der Waals surface area contributed by atoms with Gasteiger partial charge in [0.2, 0.25) is 0 Å². The minimum atomic E-state index is -0.885. The standard InChI is InChI=1S/C76H68N12O4/c1-73(49-25-33-57(34-26-49)81-69(89)77-53-17-9-5-10-18-53)61-41-43-63(85-61)74(2,50-27-35-58(36-28-50)82-70(90)78-54-19-11-6-12-20-54)65-45-47-67(87-65)76(4,52-31-39-60(40-32-52)84-72(92)80-56-23-15-8-16-24-56)68-48-46-66(88-68)75(3,64-44-42-62(73)86-64)51-29-37-59(38-30-51)83-71(91)79-55-21-13-7-14-22-55/h5-48,85-88H,1-4H3,(H2,77,81,89)(H2,78,82,90)(H2,79,83,91)(H2,80,84,92). The number of nitrogens with one attached hydrogen (secondary N) is 12. The van der Waals surface area contributed by atoms with Crippen molar-refractivity contribution in [2.45, 2.75) is 49.4 Å². The van der Waals surface area contributed by atoms with Gasteiger partial charge in [0.05, 0.1) is 21.7 Å². The second-order valence-corrected chi connectivity index (χ2v) is 23.7. The van der Waals surface area contributed by atoms with Crippen molar-refractivity contribution in [3.05, 3.63) is 335 Å². The number of aromatic nitrogens is 4. The maximum Gasteiger partial charge on any atom is 0.323 e. The summed E-state index contributed by atoms with van der Waals surface area (Å²) in [4.78, 5) is 69.4. The van der Waals surface area contributed by atoms with Gasteiger partial charge in [0.1, 0.15) is 0 Å². The monoisotopic (exact) mass is 1210 g/mol. The molecule has 8 amide bonds. The quantitative estimate of drug-likeness (QED) is 0.0573. The van der Waals surface area contributed by atoms with Gasteiger partial charge in [-0.15, -0.1) is 0 Å². The largest absolute Gasteiger partial charge is 0.360 e. The number of hydrogen-bond acceptors (Lipinski definition) is 4. The first-order valence-electron chi connectivity index (χ1n) is 30.4. The number of rotatable bonds is 12. The molecule has 13 rings (SSSR count). The smallest absolute Gasteiger partial charge is 0.323 e. The van der Waals surface area contributed by atoms with Crippen molar-refractivity contribution in [2.24, 2.45) is 0 Å². The predicted octanol–water partition coefficient (Wildman–Crippen LogP) is 17.3. The van der Waals surface area contributed by atoms with Crippen LogP contribution < -0.4 is 42.5 Å². The Bertz CT molecular complexity index is 3910. The number of carbonyl (C=O) groups is 4. The van der Waals surface area contributed by atoms with Crippen molar-refractivity contribution < 1.29 is 19.2 Å². The third kappa shape index (κ3) is 11.5. The second-order valence-electron chi connectivity index (χ2n) is 23.7. The van der Waals surface area contributed by atoms with Gasteiger partial charge in [0, 0.05) is 91.1 Å². The van der Waals surface area contributed by atoms with E-state index in [4.69, 9.17) is 0 Å². The van der Waals surface area contributed by atoms with E-state index in [-0.39, 0.29) is 24.1 Å². The molecule has 16 nitrogen and oxygen atoms in total. The predicted molar refractivity (Wildman–Crippen MR) is 367 cm³/mol. The molecule has 12 aromatic rings. The Morgan fingerprint density at radius 2 is 0.348 bits per heavy atom. The lowest BCUT2D eigenvalue weighted by Crippen LogP contribution is -2.32. The highest BCUT2D eigenvalue weighted by atomic mass is 16.2.